The molecule has 0 aliphatic carbocycles. The van der Waals surface area contributed by atoms with Crippen LogP contribution in [0.4, 0.5) is 5.69 Å². The van der Waals surface area contributed by atoms with Crippen LogP contribution in [0.1, 0.15) is 5.56 Å². The SMILES string of the molecule is Cc1cc(NC(=O)C2COCCN2)cnc1Cl. The predicted molar refractivity (Wildman–Crippen MR) is 65.2 cm³/mol. The second-order valence-corrected chi connectivity index (χ2v) is 4.26. The van der Waals surface area contributed by atoms with Crippen molar-refractivity contribution in [2.24, 2.45) is 0 Å². The van der Waals surface area contributed by atoms with Crippen LogP contribution >= 0.6 is 11.6 Å². The average molecular weight is 256 g/mol. The molecule has 1 saturated heterocycles. The van der Waals surface area contributed by atoms with E-state index in [1.807, 2.05) is 6.92 Å². The highest BCUT2D eigenvalue weighted by atomic mass is 35.5. The maximum Gasteiger partial charge on any atom is 0.243 e. The number of halogens is 1. The summed E-state index contributed by atoms with van der Waals surface area (Å²) in [5.74, 6) is -0.117. The van der Waals surface area contributed by atoms with E-state index in [0.717, 1.165) is 5.56 Å². The Bertz CT molecular complexity index is 419. The highest BCUT2D eigenvalue weighted by Gasteiger charge is 2.21. The van der Waals surface area contributed by atoms with Gasteiger partial charge in [-0.1, -0.05) is 11.6 Å². The fourth-order valence-electron chi connectivity index (χ4n) is 1.59. The number of amides is 1. The van der Waals surface area contributed by atoms with Crippen LogP contribution in [0.15, 0.2) is 12.3 Å². The van der Waals surface area contributed by atoms with Crippen molar-refractivity contribution in [1.82, 2.24) is 10.3 Å². The van der Waals surface area contributed by atoms with Gasteiger partial charge in [0.2, 0.25) is 5.91 Å². The Morgan fingerprint density at radius 1 is 1.71 bits per heavy atom. The Balaban J connectivity index is 1.99. The molecule has 1 aromatic rings. The van der Waals surface area contributed by atoms with Crippen molar-refractivity contribution in [1.29, 1.82) is 0 Å². The molecule has 1 aromatic heterocycles. The summed E-state index contributed by atoms with van der Waals surface area (Å²) in [5, 5.41) is 6.31. The fraction of sp³-hybridized carbons (Fsp3) is 0.455. The van der Waals surface area contributed by atoms with E-state index in [-0.39, 0.29) is 11.9 Å². The van der Waals surface area contributed by atoms with Crippen LogP contribution in [0.5, 0.6) is 0 Å². The van der Waals surface area contributed by atoms with E-state index in [4.69, 9.17) is 16.3 Å². The van der Waals surface area contributed by atoms with Crippen LogP contribution in [-0.4, -0.2) is 36.7 Å². The normalized spacial score (nSPS) is 20.0. The number of hydrogen-bond acceptors (Lipinski definition) is 4. The summed E-state index contributed by atoms with van der Waals surface area (Å²) in [4.78, 5) is 15.8. The summed E-state index contributed by atoms with van der Waals surface area (Å²) in [6.07, 6.45) is 1.54. The molecule has 0 aromatic carbocycles. The van der Waals surface area contributed by atoms with E-state index in [9.17, 15) is 4.79 Å². The lowest BCUT2D eigenvalue weighted by Crippen LogP contribution is -2.48. The third-order valence-corrected chi connectivity index (χ3v) is 2.92. The Labute approximate surface area is 105 Å². The number of aromatic nitrogens is 1. The van der Waals surface area contributed by atoms with Crippen LogP contribution in [0.3, 0.4) is 0 Å². The molecular formula is C11H14ClN3O2. The third-order valence-electron chi connectivity index (χ3n) is 2.52. The number of anilines is 1. The Morgan fingerprint density at radius 2 is 2.53 bits per heavy atom. The first-order valence-electron chi connectivity index (χ1n) is 5.41. The van der Waals surface area contributed by atoms with Gasteiger partial charge in [0, 0.05) is 6.54 Å². The molecule has 1 amide bonds. The zero-order valence-electron chi connectivity index (χ0n) is 9.50. The van der Waals surface area contributed by atoms with E-state index in [1.54, 1.807) is 6.07 Å². The Kier molecular flexibility index (Phi) is 3.93. The van der Waals surface area contributed by atoms with Gasteiger partial charge in [0.15, 0.2) is 0 Å². The van der Waals surface area contributed by atoms with E-state index >= 15 is 0 Å². The van der Waals surface area contributed by atoms with E-state index in [2.05, 4.69) is 15.6 Å². The molecule has 0 bridgehead atoms. The first kappa shape index (κ1) is 12.3. The van der Waals surface area contributed by atoms with Gasteiger partial charge in [-0.15, -0.1) is 0 Å². The van der Waals surface area contributed by atoms with Crippen LogP contribution in [0.2, 0.25) is 5.15 Å². The molecule has 92 valence electrons. The standard InChI is InChI=1S/C11H14ClN3O2/c1-7-4-8(5-14-10(7)12)15-11(16)9-6-17-3-2-13-9/h4-5,9,13H,2-3,6H2,1H3,(H,15,16). The molecule has 1 fully saturated rings. The van der Waals surface area contributed by atoms with Crippen molar-refractivity contribution in [3.8, 4) is 0 Å². The van der Waals surface area contributed by atoms with Gasteiger partial charge in [0.25, 0.3) is 0 Å². The number of rotatable bonds is 2. The number of pyridine rings is 1. The van der Waals surface area contributed by atoms with Gasteiger partial charge < -0.3 is 15.4 Å². The minimum Gasteiger partial charge on any atom is -0.378 e. The Morgan fingerprint density at radius 3 is 3.18 bits per heavy atom. The van der Waals surface area contributed by atoms with Crippen molar-refractivity contribution in [2.45, 2.75) is 13.0 Å². The zero-order valence-corrected chi connectivity index (χ0v) is 10.3. The molecule has 2 N–H and O–H groups in total. The van der Waals surface area contributed by atoms with Crippen molar-refractivity contribution >= 4 is 23.2 Å². The molecular weight excluding hydrogens is 242 g/mol. The van der Waals surface area contributed by atoms with E-state index in [1.165, 1.54) is 6.20 Å². The largest absolute Gasteiger partial charge is 0.378 e. The Hall–Kier alpha value is -1.17. The van der Waals surface area contributed by atoms with Gasteiger partial charge >= 0.3 is 0 Å². The summed E-state index contributed by atoms with van der Waals surface area (Å²) >= 11 is 5.81. The van der Waals surface area contributed by atoms with Gasteiger partial charge in [-0.3, -0.25) is 4.79 Å². The lowest BCUT2D eigenvalue weighted by atomic mass is 10.2. The first-order valence-corrected chi connectivity index (χ1v) is 5.79. The number of carbonyl (C=O) groups is 1. The number of nitrogens with one attached hydrogen (secondary N) is 2. The molecule has 0 saturated carbocycles. The number of morpholine rings is 1. The third kappa shape index (κ3) is 3.15. The molecule has 0 spiro atoms. The molecule has 17 heavy (non-hydrogen) atoms. The van der Waals surface area contributed by atoms with Crippen LogP contribution < -0.4 is 10.6 Å². The van der Waals surface area contributed by atoms with Gasteiger partial charge in [-0.05, 0) is 18.6 Å². The quantitative estimate of drug-likeness (QED) is 0.773. The lowest BCUT2D eigenvalue weighted by molar-refractivity contribution is -0.120. The number of hydrogen-bond donors (Lipinski definition) is 2. The molecule has 1 aliphatic heterocycles. The summed E-state index contributed by atoms with van der Waals surface area (Å²) in [6, 6.07) is 1.48. The van der Waals surface area contributed by atoms with Crippen molar-refractivity contribution in [3.63, 3.8) is 0 Å². The average Bonchev–Trinajstić information content (AvgIpc) is 2.35. The summed E-state index contributed by atoms with van der Waals surface area (Å²) < 4.78 is 5.22. The van der Waals surface area contributed by atoms with Crippen molar-refractivity contribution < 1.29 is 9.53 Å². The van der Waals surface area contributed by atoms with Crippen molar-refractivity contribution in [2.75, 3.05) is 25.1 Å². The lowest BCUT2D eigenvalue weighted by Gasteiger charge is -2.22. The summed E-state index contributed by atoms with van der Waals surface area (Å²) in [6.45, 7) is 3.57. The minimum absolute atomic E-state index is 0.117. The maximum atomic E-state index is 11.8. The van der Waals surface area contributed by atoms with Gasteiger partial charge in [0.05, 0.1) is 25.1 Å². The number of aryl methyl sites for hydroxylation is 1. The monoisotopic (exact) mass is 255 g/mol. The van der Waals surface area contributed by atoms with Crippen molar-refractivity contribution in [3.05, 3.63) is 23.0 Å². The summed E-state index contributed by atoms with van der Waals surface area (Å²) in [7, 11) is 0. The predicted octanol–water partition coefficient (Wildman–Crippen LogP) is 0.970. The van der Waals surface area contributed by atoms with Crippen LogP contribution in [-0.2, 0) is 9.53 Å². The first-order chi connectivity index (χ1) is 8.16. The van der Waals surface area contributed by atoms with Gasteiger partial charge in [-0.25, -0.2) is 4.98 Å². The molecule has 1 unspecified atom stereocenters. The zero-order chi connectivity index (χ0) is 12.3. The molecule has 1 aliphatic rings. The summed E-state index contributed by atoms with van der Waals surface area (Å²) in [5.41, 5.74) is 1.47. The second kappa shape index (κ2) is 5.44. The number of carbonyl (C=O) groups excluding carboxylic acids is 1. The smallest absolute Gasteiger partial charge is 0.243 e. The number of ether oxygens (including phenoxy) is 1. The molecule has 0 radical (unpaired) electrons. The highest BCUT2D eigenvalue weighted by molar-refractivity contribution is 6.30. The molecule has 2 rings (SSSR count). The van der Waals surface area contributed by atoms with E-state index in [0.29, 0.717) is 30.6 Å². The molecule has 5 nitrogen and oxygen atoms in total. The van der Waals surface area contributed by atoms with Gasteiger partial charge in [-0.2, -0.15) is 0 Å². The molecule has 2 heterocycles. The topological polar surface area (TPSA) is 63.2 Å². The second-order valence-electron chi connectivity index (χ2n) is 3.90. The van der Waals surface area contributed by atoms with Crippen LogP contribution in [0, 0.1) is 6.92 Å². The molecule has 1 atom stereocenters. The highest BCUT2D eigenvalue weighted by Crippen LogP contribution is 2.16. The number of nitrogens with zero attached hydrogens (tertiary/aromatic N) is 1. The van der Waals surface area contributed by atoms with Gasteiger partial charge in [0.1, 0.15) is 11.2 Å². The maximum absolute atomic E-state index is 11.8. The molecule has 6 heteroatoms. The minimum atomic E-state index is -0.306. The van der Waals surface area contributed by atoms with E-state index < -0.39 is 0 Å². The fourth-order valence-corrected chi connectivity index (χ4v) is 1.69. The van der Waals surface area contributed by atoms with Crippen LogP contribution in [0.25, 0.3) is 0 Å².